The molecule has 1 aromatic carbocycles. The fraction of sp³-hybridized carbons (Fsp3) is 0.667. The van der Waals surface area contributed by atoms with Gasteiger partial charge in [-0.25, -0.2) is 4.79 Å². The molecule has 0 saturated carbocycles. The maximum Gasteiger partial charge on any atom is 0.338 e. The summed E-state index contributed by atoms with van der Waals surface area (Å²) in [6, 6.07) is 7.89. The van der Waals surface area contributed by atoms with Crippen LogP contribution in [0.2, 0.25) is 0 Å². The lowest BCUT2D eigenvalue weighted by atomic mass is 10.1. The van der Waals surface area contributed by atoms with Crippen LogP contribution in [0.5, 0.6) is 0 Å². The van der Waals surface area contributed by atoms with Gasteiger partial charge in [-0.05, 0) is 51.2 Å². The number of hydrogen-bond donors (Lipinski definition) is 0. The molecule has 0 saturated heterocycles. The van der Waals surface area contributed by atoms with Crippen LogP contribution in [0.15, 0.2) is 24.3 Å². The van der Waals surface area contributed by atoms with E-state index < -0.39 is 0 Å². The number of hydrogen-bond acceptors (Lipinski definition) is 4. The second kappa shape index (κ2) is 12.8. The summed E-state index contributed by atoms with van der Waals surface area (Å²) in [5.74, 6) is -0.239. The molecule has 4 nitrogen and oxygen atoms in total. The number of anilines is 1. The standard InChI is InChI=1S/C21H36N2O2/c1-5-7-9-15-23(16-10-8-6-2)20-13-11-19(12-14-20)21(24)25-18-17-22(3)4/h11-14H,5-10,15-18H2,1-4H3. The van der Waals surface area contributed by atoms with Gasteiger partial charge < -0.3 is 14.5 Å². The molecule has 0 aromatic heterocycles. The third kappa shape index (κ3) is 8.92. The van der Waals surface area contributed by atoms with E-state index in [0.29, 0.717) is 12.2 Å². The Morgan fingerprint density at radius 2 is 1.44 bits per heavy atom. The topological polar surface area (TPSA) is 32.8 Å². The minimum Gasteiger partial charge on any atom is -0.461 e. The number of benzene rings is 1. The average molecular weight is 349 g/mol. The molecule has 0 radical (unpaired) electrons. The predicted octanol–water partition coefficient (Wildman–Crippen LogP) is 4.59. The van der Waals surface area contributed by atoms with E-state index in [1.54, 1.807) is 0 Å². The number of unbranched alkanes of at least 4 members (excludes halogenated alkanes) is 4. The van der Waals surface area contributed by atoms with Crippen molar-refractivity contribution in [1.29, 1.82) is 0 Å². The van der Waals surface area contributed by atoms with E-state index >= 15 is 0 Å². The van der Waals surface area contributed by atoms with E-state index in [4.69, 9.17) is 4.74 Å². The minimum atomic E-state index is -0.239. The summed E-state index contributed by atoms with van der Waals surface area (Å²) >= 11 is 0. The van der Waals surface area contributed by atoms with Crippen LogP contribution < -0.4 is 4.90 Å². The van der Waals surface area contributed by atoms with Gasteiger partial charge in [-0.15, -0.1) is 0 Å². The Bertz CT molecular complexity index is 461. The third-order valence-electron chi connectivity index (χ3n) is 4.30. The van der Waals surface area contributed by atoms with Crippen molar-refractivity contribution in [1.82, 2.24) is 4.90 Å². The van der Waals surface area contributed by atoms with E-state index in [2.05, 4.69) is 30.9 Å². The molecular formula is C21H36N2O2. The first kappa shape index (κ1) is 21.5. The first-order valence-corrected chi connectivity index (χ1v) is 9.75. The van der Waals surface area contributed by atoms with Crippen molar-refractivity contribution in [3.63, 3.8) is 0 Å². The number of carbonyl (C=O) groups is 1. The van der Waals surface area contributed by atoms with Crippen molar-refractivity contribution in [3.8, 4) is 0 Å². The summed E-state index contributed by atoms with van der Waals surface area (Å²) in [4.78, 5) is 16.5. The van der Waals surface area contributed by atoms with E-state index in [0.717, 1.165) is 19.6 Å². The molecule has 0 aliphatic heterocycles. The first-order valence-electron chi connectivity index (χ1n) is 9.75. The number of esters is 1. The number of likely N-dealkylation sites (N-methyl/N-ethyl adjacent to an activating group) is 1. The zero-order chi connectivity index (χ0) is 18.5. The van der Waals surface area contributed by atoms with Crippen molar-refractivity contribution >= 4 is 11.7 Å². The van der Waals surface area contributed by atoms with Crippen LogP contribution in [0.3, 0.4) is 0 Å². The van der Waals surface area contributed by atoms with Crippen molar-refractivity contribution in [3.05, 3.63) is 29.8 Å². The van der Waals surface area contributed by atoms with Crippen LogP contribution in [0, 0.1) is 0 Å². The van der Waals surface area contributed by atoms with Crippen molar-refractivity contribution in [2.75, 3.05) is 45.2 Å². The average Bonchev–Trinajstić information content (AvgIpc) is 2.60. The Morgan fingerprint density at radius 1 is 0.880 bits per heavy atom. The molecule has 0 unspecified atom stereocenters. The molecule has 142 valence electrons. The van der Waals surface area contributed by atoms with Gasteiger partial charge in [0.15, 0.2) is 0 Å². The van der Waals surface area contributed by atoms with E-state index in [9.17, 15) is 4.79 Å². The zero-order valence-electron chi connectivity index (χ0n) is 16.6. The molecule has 25 heavy (non-hydrogen) atoms. The van der Waals surface area contributed by atoms with Crippen LogP contribution in [0.25, 0.3) is 0 Å². The maximum absolute atomic E-state index is 12.1. The van der Waals surface area contributed by atoms with Gasteiger partial charge in [0.25, 0.3) is 0 Å². The number of rotatable bonds is 13. The first-order chi connectivity index (χ1) is 12.1. The van der Waals surface area contributed by atoms with Crippen LogP contribution in [-0.4, -0.2) is 51.2 Å². The van der Waals surface area contributed by atoms with Gasteiger partial charge >= 0.3 is 5.97 Å². The van der Waals surface area contributed by atoms with Crippen LogP contribution in [0.1, 0.15) is 62.7 Å². The molecule has 1 rings (SSSR count). The van der Waals surface area contributed by atoms with Crippen molar-refractivity contribution < 1.29 is 9.53 Å². The third-order valence-corrected chi connectivity index (χ3v) is 4.30. The summed E-state index contributed by atoms with van der Waals surface area (Å²) in [6.07, 6.45) is 7.44. The summed E-state index contributed by atoms with van der Waals surface area (Å²) in [7, 11) is 3.93. The lowest BCUT2D eigenvalue weighted by Crippen LogP contribution is -2.25. The molecule has 1 aromatic rings. The second-order valence-electron chi connectivity index (χ2n) is 6.89. The quantitative estimate of drug-likeness (QED) is 0.385. The fourth-order valence-electron chi connectivity index (χ4n) is 2.69. The highest BCUT2D eigenvalue weighted by Crippen LogP contribution is 2.18. The largest absolute Gasteiger partial charge is 0.461 e. The Hall–Kier alpha value is -1.55. The lowest BCUT2D eigenvalue weighted by Gasteiger charge is -2.25. The number of ether oxygens (including phenoxy) is 1. The van der Waals surface area contributed by atoms with Gasteiger partial charge in [-0.2, -0.15) is 0 Å². The predicted molar refractivity (Wildman–Crippen MR) is 107 cm³/mol. The highest BCUT2D eigenvalue weighted by Gasteiger charge is 2.10. The Kier molecular flexibility index (Phi) is 11.0. The van der Waals surface area contributed by atoms with Gasteiger partial charge in [-0.1, -0.05) is 39.5 Å². The lowest BCUT2D eigenvalue weighted by molar-refractivity contribution is 0.0482. The van der Waals surface area contributed by atoms with Gasteiger partial charge in [0.2, 0.25) is 0 Å². The summed E-state index contributed by atoms with van der Waals surface area (Å²) in [5.41, 5.74) is 1.83. The second-order valence-corrected chi connectivity index (χ2v) is 6.89. The fourth-order valence-corrected chi connectivity index (χ4v) is 2.69. The van der Waals surface area contributed by atoms with E-state index in [1.807, 2.05) is 31.1 Å². The molecule has 0 aliphatic rings. The smallest absolute Gasteiger partial charge is 0.338 e. The maximum atomic E-state index is 12.1. The van der Waals surface area contributed by atoms with Gasteiger partial charge in [0, 0.05) is 25.3 Å². The normalized spacial score (nSPS) is 10.9. The molecule has 0 atom stereocenters. The van der Waals surface area contributed by atoms with E-state index in [-0.39, 0.29) is 5.97 Å². The molecular weight excluding hydrogens is 312 g/mol. The summed E-state index contributed by atoms with van der Waals surface area (Å²) in [5, 5.41) is 0. The molecule has 0 fully saturated rings. The van der Waals surface area contributed by atoms with Crippen molar-refractivity contribution in [2.45, 2.75) is 52.4 Å². The minimum absolute atomic E-state index is 0.239. The number of carbonyl (C=O) groups excluding carboxylic acids is 1. The molecule has 0 bridgehead atoms. The zero-order valence-corrected chi connectivity index (χ0v) is 16.6. The summed E-state index contributed by atoms with van der Waals surface area (Å²) in [6.45, 7) is 7.81. The molecule has 0 amide bonds. The molecule has 4 heteroatoms. The van der Waals surface area contributed by atoms with Gasteiger partial charge in [0.1, 0.15) is 6.61 Å². The molecule has 0 aliphatic carbocycles. The van der Waals surface area contributed by atoms with Gasteiger partial charge in [0.05, 0.1) is 5.56 Å². The highest BCUT2D eigenvalue weighted by molar-refractivity contribution is 5.89. The van der Waals surface area contributed by atoms with Crippen LogP contribution in [0.4, 0.5) is 5.69 Å². The van der Waals surface area contributed by atoms with Crippen molar-refractivity contribution in [2.24, 2.45) is 0 Å². The highest BCUT2D eigenvalue weighted by atomic mass is 16.5. The molecule has 0 heterocycles. The van der Waals surface area contributed by atoms with E-state index in [1.165, 1.54) is 44.2 Å². The SMILES string of the molecule is CCCCCN(CCCCC)c1ccc(C(=O)OCCN(C)C)cc1. The number of nitrogens with zero attached hydrogens (tertiary/aromatic N) is 2. The monoisotopic (exact) mass is 348 g/mol. The Labute approximate surface area is 154 Å². The Balaban J connectivity index is 2.62. The Morgan fingerprint density at radius 3 is 1.92 bits per heavy atom. The van der Waals surface area contributed by atoms with Crippen LogP contribution >= 0.6 is 0 Å². The van der Waals surface area contributed by atoms with Gasteiger partial charge in [-0.3, -0.25) is 0 Å². The van der Waals surface area contributed by atoms with Crippen LogP contribution in [-0.2, 0) is 4.74 Å². The summed E-state index contributed by atoms with van der Waals surface area (Å²) < 4.78 is 5.30. The molecule has 0 N–H and O–H groups in total. The molecule has 0 spiro atoms.